The first-order valence-electron chi connectivity index (χ1n) is 6.37. The van der Waals surface area contributed by atoms with E-state index in [-0.39, 0.29) is 35.1 Å². The summed E-state index contributed by atoms with van der Waals surface area (Å²) in [6, 6.07) is 4.11. The van der Waals surface area contributed by atoms with Crippen molar-refractivity contribution in [2.75, 3.05) is 12.0 Å². The van der Waals surface area contributed by atoms with E-state index in [1.807, 2.05) is 0 Å². The van der Waals surface area contributed by atoms with Crippen molar-refractivity contribution in [1.29, 1.82) is 0 Å². The van der Waals surface area contributed by atoms with Crippen LogP contribution in [0, 0.1) is 0 Å². The van der Waals surface area contributed by atoms with Gasteiger partial charge in [0, 0.05) is 6.92 Å². The van der Waals surface area contributed by atoms with Gasteiger partial charge in [-0.1, -0.05) is 11.6 Å². The monoisotopic (exact) mass is 326 g/mol. The molecular formula is C14H15ClN2O5. The molecule has 0 saturated heterocycles. The molecule has 0 aromatic heterocycles. The van der Waals surface area contributed by atoms with Gasteiger partial charge in [0.05, 0.1) is 29.3 Å². The quantitative estimate of drug-likeness (QED) is 0.452. The Morgan fingerprint density at radius 2 is 2.05 bits per heavy atom. The maximum Gasteiger partial charge on any atom is 0.337 e. The summed E-state index contributed by atoms with van der Waals surface area (Å²) in [5.74, 6) is -2.09. The molecule has 7 nitrogen and oxygen atoms in total. The number of ketones is 1. The van der Waals surface area contributed by atoms with Crippen LogP contribution < -0.4 is 5.43 Å². The summed E-state index contributed by atoms with van der Waals surface area (Å²) in [7, 11) is 0. The molecule has 0 bridgehead atoms. The van der Waals surface area contributed by atoms with Gasteiger partial charge in [-0.3, -0.25) is 15.0 Å². The van der Waals surface area contributed by atoms with Gasteiger partial charge in [0.25, 0.3) is 0 Å². The van der Waals surface area contributed by atoms with Crippen LogP contribution in [-0.4, -0.2) is 35.1 Å². The van der Waals surface area contributed by atoms with E-state index in [9.17, 15) is 14.4 Å². The largest absolute Gasteiger partial charge is 0.478 e. The molecule has 8 heteroatoms. The van der Waals surface area contributed by atoms with Crippen molar-refractivity contribution in [3.63, 3.8) is 0 Å². The molecule has 22 heavy (non-hydrogen) atoms. The maximum atomic E-state index is 11.4. The number of nitrogens with one attached hydrogen (secondary N) is 1. The van der Waals surface area contributed by atoms with Gasteiger partial charge in [-0.05, 0) is 25.1 Å². The van der Waals surface area contributed by atoms with E-state index in [1.54, 1.807) is 6.92 Å². The fraction of sp³-hybridized carbons (Fsp3) is 0.286. The zero-order valence-corrected chi connectivity index (χ0v) is 12.8. The molecule has 0 fully saturated rings. The Hall–Kier alpha value is -2.41. The topological polar surface area (TPSA) is 105 Å². The number of anilines is 1. The van der Waals surface area contributed by atoms with Gasteiger partial charge in [-0.2, -0.15) is 5.10 Å². The van der Waals surface area contributed by atoms with Crippen molar-refractivity contribution in [2.24, 2.45) is 5.10 Å². The average Bonchev–Trinajstić information content (AvgIpc) is 2.43. The summed E-state index contributed by atoms with van der Waals surface area (Å²) >= 11 is 5.82. The van der Waals surface area contributed by atoms with Gasteiger partial charge >= 0.3 is 11.9 Å². The molecule has 0 spiro atoms. The van der Waals surface area contributed by atoms with Crippen LogP contribution in [0.25, 0.3) is 0 Å². The third-order valence-electron chi connectivity index (χ3n) is 2.54. The number of nitrogens with zero attached hydrogens (tertiary/aromatic N) is 1. The van der Waals surface area contributed by atoms with Gasteiger partial charge in [0.2, 0.25) is 0 Å². The Bertz CT molecular complexity index is 628. The van der Waals surface area contributed by atoms with Crippen LogP contribution in [0.1, 0.15) is 30.6 Å². The van der Waals surface area contributed by atoms with E-state index in [0.717, 1.165) is 0 Å². The van der Waals surface area contributed by atoms with Crippen LogP contribution in [0.15, 0.2) is 23.3 Å². The van der Waals surface area contributed by atoms with Crippen molar-refractivity contribution < 1.29 is 24.2 Å². The standard InChI is InChI=1S/C14H15ClN2O5/c1-3-22-13(19)7-12(8(2)18)17-16-9-4-5-10(14(20)21)11(15)6-9/h4-6,16H,3,7H2,1-2H3,(H,20,21)/b17-12-. The Kier molecular flexibility index (Phi) is 6.52. The highest BCUT2D eigenvalue weighted by Crippen LogP contribution is 2.21. The van der Waals surface area contributed by atoms with Crippen LogP contribution >= 0.6 is 11.6 Å². The number of benzene rings is 1. The number of esters is 1. The van der Waals surface area contributed by atoms with Crippen LogP contribution in [0.4, 0.5) is 5.69 Å². The summed E-state index contributed by atoms with van der Waals surface area (Å²) in [5, 5.41) is 12.7. The molecule has 0 unspecified atom stereocenters. The third kappa shape index (κ3) is 5.17. The molecule has 0 aliphatic rings. The minimum absolute atomic E-state index is 0.00289. The molecule has 1 rings (SSSR count). The minimum Gasteiger partial charge on any atom is -0.478 e. The normalized spacial score (nSPS) is 11.0. The molecule has 0 heterocycles. The predicted octanol–water partition coefficient (Wildman–Crippen LogP) is 2.35. The molecular weight excluding hydrogens is 312 g/mol. The molecule has 1 aromatic carbocycles. The SMILES string of the molecule is CCOC(=O)C/C(=N/Nc1ccc(C(=O)O)c(Cl)c1)C(C)=O. The van der Waals surface area contributed by atoms with Gasteiger partial charge < -0.3 is 9.84 Å². The smallest absolute Gasteiger partial charge is 0.337 e. The van der Waals surface area contributed by atoms with E-state index in [4.69, 9.17) is 21.4 Å². The van der Waals surface area contributed by atoms with E-state index in [2.05, 4.69) is 10.5 Å². The fourth-order valence-corrected chi connectivity index (χ4v) is 1.74. The average molecular weight is 327 g/mol. The highest BCUT2D eigenvalue weighted by atomic mass is 35.5. The number of carboxylic acids is 1. The fourth-order valence-electron chi connectivity index (χ4n) is 1.48. The number of carbonyl (C=O) groups excluding carboxylic acids is 2. The number of halogens is 1. The lowest BCUT2D eigenvalue weighted by Gasteiger charge is -2.06. The number of hydrazone groups is 1. The Labute approximate surface area is 131 Å². The van der Waals surface area contributed by atoms with Crippen LogP contribution in [0.3, 0.4) is 0 Å². The Balaban J connectivity index is 2.87. The first kappa shape index (κ1) is 17.6. The zero-order valence-electron chi connectivity index (χ0n) is 12.1. The summed E-state index contributed by atoms with van der Waals surface area (Å²) in [5.41, 5.74) is 2.90. The molecule has 0 saturated carbocycles. The molecule has 0 radical (unpaired) electrons. The van der Waals surface area contributed by atoms with E-state index < -0.39 is 11.9 Å². The number of carbonyl (C=O) groups is 3. The third-order valence-corrected chi connectivity index (χ3v) is 2.86. The lowest BCUT2D eigenvalue weighted by Crippen LogP contribution is -2.18. The first-order valence-corrected chi connectivity index (χ1v) is 6.75. The van der Waals surface area contributed by atoms with E-state index in [0.29, 0.717) is 5.69 Å². The first-order chi connectivity index (χ1) is 10.3. The van der Waals surface area contributed by atoms with Crippen LogP contribution in [0.5, 0.6) is 0 Å². The van der Waals surface area contributed by atoms with Crippen LogP contribution in [0.2, 0.25) is 5.02 Å². The number of hydrogen-bond acceptors (Lipinski definition) is 6. The second-order valence-electron chi connectivity index (χ2n) is 4.21. The molecule has 2 N–H and O–H groups in total. The Morgan fingerprint density at radius 3 is 2.55 bits per heavy atom. The number of carboxylic acid groups (broad SMARTS) is 1. The van der Waals surface area contributed by atoms with Crippen molar-refractivity contribution in [1.82, 2.24) is 0 Å². The maximum absolute atomic E-state index is 11.4. The molecule has 0 aliphatic heterocycles. The second kappa shape index (κ2) is 8.14. The summed E-state index contributed by atoms with van der Waals surface area (Å²) in [6.45, 7) is 3.15. The number of hydrogen-bond donors (Lipinski definition) is 2. The number of rotatable bonds is 7. The highest BCUT2D eigenvalue weighted by molar-refractivity contribution is 6.41. The van der Waals surface area contributed by atoms with Gasteiger partial charge in [0.1, 0.15) is 5.71 Å². The Morgan fingerprint density at radius 1 is 1.36 bits per heavy atom. The van der Waals surface area contributed by atoms with Gasteiger partial charge in [-0.15, -0.1) is 0 Å². The van der Waals surface area contributed by atoms with Crippen LogP contribution in [-0.2, 0) is 14.3 Å². The number of aromatic carboxylic acids is 1. The second-order valence-corrected chi connectivity index (χ2v) is 4.62. The van der Waals surface area contributed by atoms with Crippen molar-refractivity contribution in [2.45, 2.75) is 20.3 Å². The number of ether oxygens (including phenoxy) is 1. The molecule has 0 atom stereocenters. The predicted molar refractivity (Wildman–Crippen MR) is 81.4 cm³/mol. The summed E-state index contributed by atoms with van der Waals surface area (Å²) in [4.78, 5) is 33.6. The summed E-state index contributed by atoms with van der Waals surface area (Å²) in [6.07, 6.45) is -0.253. The molecule has 1 aromatic rings. The van der Waals surface area contributed by atoms with Crippen molar-refractivity contribution in [3.05, 3.63) is 28.8 Å². The van der Waals surface area contributed by atoms with Gasteiger partial charge in [0.15, 0.2) is 5.78 Å². The lowest BCUT2D eigenvalue weighted by molar-refractivity contribution is -0.141. The minimum atomic E-state index is -1.15. The number of Topliss-reactive ketones (excluding diaryl/α,β-unsaturated/α-hetero) is 1. The molecule has 0 aliphatic carbocycles. The summed E-state index contributed by atoms with van der Waals surface area (Å²) < 4.78 is 4.75. The van der Waals surface area contributed by atoms with Crippen molar-refractivity contribution in [3.8, 4) is 0 Å². The van der Waals surface area contributed by atoms with Gasteiger partial charge in [-0.25, -0.2) is 4.79 Å². The highest BCUT2D eigenvalue weighted by Gasteiger charge is 2.13. The molecule has 118 valence electrons. The van der Waals surface area contributed by atoms with E-state index in [1.165, 1.54) is 25.1 Å². The lowest BCUT2D eigenvalue weighted by atomic mass is 10.2. The molecule has 0 amide bonds. The zero-order chi connectivity index (χ0) is 16.7. The van der Waals surface area contributed by atoms with Crippen molar-refractivity contribution >= 4 is 40.7 Å². The van der Waals surface area contributed by atoms with E-state index >= 15 is 0 Å².